The van der Waals surface area contributed by atoms with E-state index < -0.39 is 5.97 Å². The number of benzene rings is 2. The molecular weight excluding hydrogens is 268 g/mol. The van der Waals surface area contributed by atoms with Gasteiger partial charge < -0.3 is 9.47 Å². The Morgan fingerprint density at radius 2 is 1.76 bits per heavy atom. The molecule has 2 aromatic rings. The van der Waals surface area contributed by atoms with Crippen molar-refractivity contribution in [2.45, 2.75) is 13.3 Å². The minimum absolute atomic E-state index is 0.0893. The van der Waals surface area contributed by atoms with Gasteiger partial charge in [-0.25, -0.2) is 4.79 Å². The van der Waals surface area contributed by atoms with Gasteiger partial charge in [-0.3, -0.25) is 4.79 Å². The second kappa shape index (κ2) is 6.70. The molecule has 0 bridgehead atoms. The Labute approximate surface area is 123 Å². The predicted molar refractivity (Wildman–Crippen MR) is 79.0 cm³/mol. The number of esters is 1. The summed E-state index contributed by atoms with van der Waals surface area (Å²) in [5, 5.41) is 0. The van der Waals surface area contributed by atoms with Gasteiger partial charge in [-0.05, 0) is 24.3 Å². The number of ketones is 1. The maximum absolute atomic E-state index is 12.1. The number of ether oxygens (including phenoxy) is 2. The van der Waals surface area contributed by atoms with E-state index in [-0.39, 0.29) is 11.5 Å². The van der Waals surface area contributed by atoms with Crippen molar-refractivity contribution in [1.29, 1.82) is 0 Å². The summed E-state index contributed by atoms with van der Waals surface area (Å²) in [6.45, 7) is 1.76. The number of carbonyl (C=O) groups excluding carboxylic acids is 2. The molecule has 4 heteroatoms. The van der Waals surface area contributed by atoms with Crippen LogP contribution in [0, 0.1) is 0 Å². The molecule has 0 aliphatic carbocycles. The quantitative estimate of drug-likeness (QED) is 0.479. The lowest BCUT2D eigenvalue weighted by Gasteiger charge is -2.10. The molecule has 108 valence electrons. The highest BCUT2D eigenvalue weighted by atomic mass is 16.5. The van der Waals surface area contributed by atoms with Crippen molar-refractivity contribution in [3.63, 3.8) is 0 Å². The molecule has 0 N–H and O–H groups in total. The van der Waals surface area contributed by atoms with Gasteiger partial charge in [0.15, 0.2) is 5.78 Å². The third-order valence-corrected chi connectivity index (χ3v) is 3.02. The van der Waals surface area contributed by atoms with Crippen LogP contribution < -0.4 is 9.47 Å². The van der Waals surface area contributed by atoms with Crippen LogP contribution in [0.3, 0.4) is 0 Å². The van der Waals surface area contributed by atoms with Crippen LogP contribution >= 0.6 is 0 Å². The highest BCUT2D eigenvalue weighted by Gasteiger charge is 2.16. The van der Waals surface area contributed by atoms with Crippen LogP contribution in [0.1, 0.15) is 34.1 Å². The van der Waals surface area contributed by atoms with Crippen LogP contribution in [0.4, 0.5) is 0 Å². The predicted octanol–water partition coefficient (Wildman–Crippen LogP) is 3.51. The molecule has 4 nitrogen and oxygen atoms in total. The summed E-state index contributed by atoms with van der Waals surface area (Å²) < 4.78 is 10.5. The third kappa shape index (κ3) is 3.48. The molecule has 21 heavy (non-hydrogen) atoms. The van der Waals surface area contributed by atoms with Crippen LogP contribution in [0.5, 0.6) is 11.5 Å². The summed E-state index contributed by atoms with van der Waals surface area (Å²) in [6, 6.07) is 13.5. The van der Waals surface area contributed by atoms with Crippen molar-refractivity contribution in [2.75, 3.05) is 7.11 Å². The van der Waals surface area contributed by atoms with E-state index in [4.69, 9.17) is 9.47 Å². The highest BCUT2D eigenvalue weighted by Crippen LogP contribution is 2.26. The van der Waals surface area contributed by atoms with Gasteiger partial charge in [-0.2, -0.15) is 0 Å². The zero-order chi connectivity index (χ0) is 15.2. The van der Waals surface area contributed by atoms with Gasteiger partial charge >= 0.3 is 5.97 Å². The van der Waals surface area contributed by atoms with Crippen molar-refractivity contribution in [1.82, 2.24) is 0 Å². The van der Waals surface area contributed by atoms with Crippen molar-refractivity contribution in [2.24, 2.45) is 0 Å². The first kappa shape index (κ1) is 14.8. The van der Waals surface area contributed by atoms with Gasteiger partial charge in [-0.15, -0.1) is 0 Å². The van der Waals surface area contributed by atoms with Crippen LogP contribution in [0.2, 0.25) is 0 Å². The summed E-state index contributed by atoms with van der Waals surface area (Å²) in [7, 11) is 1.51. The number of Topliss-reactive ketones (excluding diaryl/α,β-unsaturated/α-hetero) is 1. The number of hydrogen-bond donors (Lipinski definition) is 0. The smallest absolute Gasteiger partial charge is 0.343 e. The average Bonchev–Trinajstić information content (AvgIpc) is 2.54. The molecule has 0 spiro atoms. The first-order chi connectivity index (χ1) is 10.2. The number of rotatable bonds is 5. The van der Waals surface area contributed by atoms with Crippen LogP contribution in [0.15, 0.2) is 48.5 Å². The first-order valence-electron chi connectivity index (χ1n) is 6.64. The number of methoxy groups -OCH3 is 1. The molecule has 2 aromatic carbocycles. The average molecular weight is 284 g/mol. The van der Waals surface area contributed by atoms with Crippen LogP contribution in [-0.4, -0.2) is 18.9 Å². The van der Waals surface area contributed by atoms with Crippen molar-refractivity contribution in [3.8, 4) is 11.5 Å². The maximum Gasteiger partial charge on any atom is 0.343 e. The third-order valence-electron chi connectivity index (χ3n) is 3.02. The van der Waals surface area contributed by atoms with Gasteiger partial charge in [-0.1, -0.05) is 25.1 Å². The summed E-state index contributed by atoms with van der Waals surface area (Å²) in [4.78, 5) is 24.0. The first-order valence-corrected chi connectivity index (χ1v) is 6.64. The van der Waals surface area contributed by atoms with Crippen molar-refractivity contribution >= 4 is 11.8 Å². The molecule has 0 saturated heterocycles. The molecular formula is C17H16O4. The zero-order valence-electron chi connectivity index (χ0n) is 12.0. The van der Waals surface area contributed by atoms with E-state index in [2.05, 4.69) is 0 Å². The Hall–Kier alpha value is -2.62. The molecule has 0 aliphatic rings. The van der Waals surface area contributed by atoms with E-state index in [1.165, 1.54) is 7.11 Å². The molecule has 0 heterocycles. The minimum Gasteiger partial charge on any atom is -0.497 e. The lowest BCUT2D eigenvalue weighted by Crippen LogP contribution is -2.11. The largest absolute Gasteiger partial charge is 0.497 e. The molecule has 0 atom stereocenters. The summed E-state index contributed by atoms with van der Waals surface area (Å²) >= 11 is 0. The van der Waals surface area contributed by atoms with E-state index in [0.717, 1.165) is 0 Å². The lowest BCUT2D eigenvalue weighted by molar-refractivity contribution is 0.0732. The normalized spacial score (nSPS) is 10.0. The molecule has 0 aliphatic heterocycles. The zero-order valence-corrected chi connectivity index (χ0v) is 12.0. The SMILES string of the molecule is CCC(=O)c1ccc(OC)cc1OC(=O)c1ccccc1. The number of hydrogen-bond acceptors (Lipinski definition) is 4. The van der Waals surface area contributed by atoms with Crippen LogP contribution in [0.25, 0.3) is 0 Å². The van der Waals surface area contributed by atoms with Gasteiger partial charge in [0.1, 0.15) is 11.5 Å². The van der Waals surface area contributed by atoms with E-state index >= 15 is 0 Å². The minimum atomic E-state index is -0.506. The summed E-state index contributed by atoms with van der Waals surface area (Å²) in [5.74, 6) is 0.149. The van der Waals surface area contributed by atoms with Gasteiger partial charge in [0.05, 0.1) is 18.2 Å². The highest BCUT2D eigenvalue weighted by molar-refractivity contribution is 6.00. The van der Waals surface area contributed by atoms with E-state index in [0.29, 0.717) is 23.3 Å². The molecule has 2 rings (SSSR count). The van der Waals surface area contributed by atoms with Gasteiger partial charge in [0, 0.05) is 12.5 Å². The standard InChI is InChI=1S/C17H16O4/c1-3-15(18)14-10-9-13(20-2)11-16(14)21-17(19)12-7-5-4-6-8-12/h4-11H,3H2,1-2H3. The number of carbonyl (C=O) groups is 2. The molecule has 0 aromatic heterocycles. The van der Waals surface area contributed by atoms with Crippen molar-refractivity contribution < 1.29 is 19.1 Å². The monoisotopic (exact) mass is 284 g/mol. The Bertz CT molecular complexity index is 647. The second-order valence-electron chi connectivity index (χ2n) is 4.39. The lowest BCUT2D eigenvalue weighted by atomic mass is 10.1. The Balaban J connectivity index is 2.33. The molecule has 0 unspecified atom stereocenters. The Morgan fingerprint density at radius 1 is 1.05 bits per heavy atom. The van der Waals surface area contributed by atoms with Crippen LogP contribution in [-0.2, 0) is 0 Å². The Kier molecular flexibility index (Phi) is 4.72. The van der Waals surface area contributed by atoms with E-state index in [1.54, 1.807) is 49.4 Å². The van der Waals surface area contributed by atoms with Crippen molar-refractivity contribution in [3.05, 3.63) is 59.7 Å². The molecule has 0 radical (unpaired) electrons. The summed E-state index contributed by atoms with van der Waals surface area (Å²) in [6.07, 6.45) is 0.336. The summed E-state index contributed by atoms with van der Waals surface area (Å²) in [5.41, 5.74) is 0.804. The fourth-order valence-corrected chi connectivity index (χ4v) is 1.87. The Morgan fingerprint density at radius 3 is 2.38 bits per heavy atom. The molecule has 0 fully saturated rings. The second-order valence-corrected chi connectivity index (χ2v) is 4.39. The molecule has 0 amide bonds. The van der Waals surface area contributed by atoms with Gasteiger partial charge in [0.2, 0.25) is 0 Å². The van der Waals surface area contributed by atoms with E-state index in [9.17, 15) is 9.59 Å². The fraction of sp³-hybridized carbons (Fsp3) is 0.176. The van der Waals surface area contributed by atoms with E-state index in [1.807, 2.05) is 6.07 Å². The van der Waals surface area contributed by atoms with Gasteiger partial charge in [0.25, 0.3) is 0 Å². The fourth-order valence-electron chi connectivity index (χ4n) is 1.87. The molecule has 0 saturated carbocycles. The maximum atomic E-state index is 12.1. The topological polar surface area (TPSA) is 52.6 Å².